The number of ether oxygens (including phenoxy) is 4. The Bertz CT molecular complexity index is 789. The largest absolute Gasteiger partial charge is 0.493 e. The van der Waals surface area contributed by atoms with Gasteiger partial charge in [0.1, 0.15) is 0 Å². The molecule has 8 heteroatoms. The van der Waals surface area contributed by atoms with Crippen LogP contribution in [0, 0.1) is 0 Å². The van der Waals surface area contributed by atoms with E-state index >= 15 is 0 Å². The van der Waals surface area contributed by atoms with Gasteiger partial charge in [0.2, 0.25) is 0 Å². The van der Waals surface area contributed by atoms with Crippen LogP contribution < -0.4 is 9.47 Å². The maximum atomic E-state index is 11.7. The summed E-state index contributed by atoms with van der Waals surface area (Å²) >= 11 is 0. The summed E-state index contributed by atoms with van der Waals surface area (Å²) in [5.74, 6) is 0.850. The van der Waals surface area contributed by atoms with Gasteiger partial charge in [-0.3, -0.25) is 4.79 Å². The molecule has 1 aromatic heterocycles. The molecular formula is C18H23N3O5. The van der Waals surface area contributed by atoms with Gasteiger partial charge in [0, 0.05) is 11.5 Å². The fourth-order valence-corrected chi connectivity index (χ4v) is 3.40. The van der Waals surface area contributed by atoms with Crippen molar-refractivity contribution in [1.29, 1.82) is 0 Å². The van der Waals surface area contributed by atoms with E-state index in [9.17, 15) is 4.79 Å². The second-order valence-electron chi connectivity index (χ2n) is 6.06. The smallest absolute Gasteiger partial charge is 0.311 e. The average Bonchev–Trinajstić information content (AvgIpc) is 2.98. The fourth-order valence-electron chi connectivity index (χ4n) is 3.40. The fraction of sp³-hybridized carbons (Fsp3) is 0.500. The molecule has 0 spiro atoms. The van der Waals surface area contributed by atoms with Crippen LogP contribution in [0.2, 0.25) is 0 Å². The third-order valence-corrected chi connectivity index (χ3v) is 4.61. The van der Waals surface area contributed by atoms with Crippen molar-refractivity contribution in [2.24, 2.45) is 0 Å². The van der Waals surface area contributed by atoms with Crippen LogP contribution >= 0.6 is 0 Å². The van der Waals surface area contributed by atoms with Crippen molar-refractivity contribution < 1.29 is 23.7 Å². The third-order valence-electron chi connectivity index (χ3n) is 4.61. The Morgan fingerprint density at radius 1 is 1.31 bits per heavy atom. The molecule has 2 aromatic rings. The van der Waals surface area contributed by atoms with E-state index in [-0.39, 0.29) is 24.4 Å². The first-order chi connectivity index (χ1) is 12.6. The van der Waals surface area contributed by atoms with E-state index in [1.54, 1.807) is 18.9 Å². The molecule has 0 bridgehead atoms. The average molecular weight is 361 g/mol. The molecule has 1 aliphatic rings. The molecule has 0 saturated heterocycles. The minimum absolute atomic E-state index is 0.0815. The number of hydrogen-bond acceptors (Lipinski definition) is 7. The molecule has 8 nitrogen and oxygen atoms in total. The molecule has 140 valence electrons. The van der Waals surface area contributed by atoms with E-state index in [4.69, 9.17) is 18.9 Å². The van der Waals surface area contributed by atoms with Crippen LogP contribution in [-0.2, 0) is 27.2 Å². The zero-order chi connectivity index (χ0) is 18.7. The minimum atomic E-state index is -0.346. The van der Waals surface area contributed by atoms with Crippen LogP contribution in [0.25, 0.3) is 0 Å². The van der Waals surface area contributed by atoms with E-state index in [0.29, 0.717) is 30.3 Å². The van der Waals surface area contributed by atoms with Crippen molar-refractivity contribution in [3.05, 3.63) is 35.2 Å². The van der Waals surface area contributed by atoms with Gasteiger partial charge in [0.15, 0.2) is 11.5 Å². The highest BCUT2D eigenvalue weighted by molar-refractivity contribution is 5.72. The van der Waals surface area contributed by atoms with Crippen LogP contribution in [0.15, 0.2) is 18.2 Å². The van der Waals surface area contributed by atoms with Crippen LogP contribution in [0.5, 0.6) is 11.5 Å². The van der Waals surface area contributed by atoms with Gasteiger partial charge < -0.3 is 18.9 Å². The number of carbonyl (C=O) groups is 1. The molecule has 3 rings (SSSR count). The SMILES string of the molecule is COC(=O)Cc1nnn2c1[C@H](C)[C@H](c1cccc(OC)c1OC)OCC2. The predicted molar refractivity (Wildman–Crippen MR) is 92.4 cm³/mol. The number of esters is 1. The van der Waals surface area contributed by atoms with E-state index in [0.717, 1.165) is 11.3 Å². The topological polar surface area (TPSA) is 84.7 Å². The molecule has 1 aliphatic heterocycles. The van der Waals surface area contributed by atoms with Gasteiger partial charge in [-0.15, -0.1) is 5.10 Å². The highest BCUT2D eigenvalue weighted by Crippen LogP contribution is 2.43. The van der Waals surface area contributed by atoms with Crippen molar-refractivity contribution in [2.45, 2.75) is 31.9 Å². The number of para-hydroxylation sites is 1. The Hall–Kier alpha value is -2.61. The van der Waals surface area contributed by atoms with Gasteiger partial charge >= 0.3 is 5.97 Å². The molecule has 0 unspecified atom stereocenters. The first-order valence-corrected chi connectivity index (χ1v) is 8.42. The van der Waals surface area contributed by atoms with Gasteiger partial charge in [0.25, 0.3) is 0 Å². The summed E-state index contributed by atoms with van der Waals surface area (Å²) < 4.78 is 23.7. The first-order valence-electron chi connectivity index (χ1n) is 8.42. The maximum Gasteiger partial charge on any atom is 0.311 e. The summed E-state index contributed by atoms with van der Waals surface area (Å²) in [6, 6.07) is 5.71. The number of carbonyl (C=O) groups excluding carboxylic acids is 1. The first kappa shape index (κ1) is 18.2. The monoisotopic (exact) mass is 361 g/mol. The highest BCUT2D eigenvalue weighted by Gasteiger charge is 2.33. The number of methoxy groups -OCH3 is 3. The van der Waals surface area contributed by atoms with Gasteiger partial charge in [-0.2, -0.15) is 0 Å². The Morgan fingerprint density at radius 2 is 2.12 bits per heavy atom. The Labute approximate surface area is 152 Å². The van der Waals surface area contributed by atoms with Gasteiger partial charge in [-0.25, -0.2) is 4.68 Å². The molecule has 1 aromatic carbocycles. The lowest BCUT2D eigenvalue weighted by Gasteiger charge is -2.25. The van der Waals surface area contributed by atoms with Crippen molar-refractivity contribution >= 4 is 5.97 Å². The highest BCUT2D eigenvalue weighted by atomic mass is 16.5. The van der Waals surface area contributed by atoms with Crippen LogP contribution in [-0.4, -0.2) is 48.9 Å². The number of benzene rings is 1. The Kier molecular flexibility index (Phi) is 5.41. The molecule has 0 aliphatic carbocycles. The molecule has 2 atom stereocenters. The molecular weight excluding hydrogens is 338 g/mol. The van der Waals surface area contributed by atoms with E-state index in [2.05, 4.69) is 10.3 Å². The maximum absolute atomic E-state index is 11.7. The molecule has 0 saturated carbocycles. The second-order valence-corrected chi connectivity index (χ2v) is 6.06. The predicted octanol–water partition coefficient (Wildman–Crippen LogP) is 1.89. The van der Waals surface area contributed by atoms with Gasteiger partial charge in [-0.1, -0.05) is 24.3 Å². The summed E-state index contributed by atoms with van der Waals surface area (Å²) in [6.07, 6.45) is -0.200. The lowest BCUT2D eigenvalue weighted by Crippen LogP contribution is -2.15. The summed E-state index contributed by atoms with van der Waals surface area (Å²) in [6.45, 7) is 3.07. The number of rotatable bonds is 5. The van der Waals surface area contributed by atoms with Crippen LogP contribution in [0.3, 0.4) is 0 Å². The van der Waals surface area contributed by atoms with Crippen LogP contribution in [0.1, 0.15) is 35.9 Å². The Balaban J connectivity index is 2.02. The second kappa shape index (κ2) is 7.74. The van der Waals surface area contributed by atoms with Crippen molar-refractivity contribution in [3.8, 4) is 11.5 Å². The third kappa shape index (κ3) is 3.24. The molecule has 0 fully saturated rings. The lowest BCUT2D eigenvalue weighted by molar-refractivity contribution is -0.139. The van der Waals surface area contributed by atoms with E-state index in [1.165, 1.54) is 7.11 Å². The van der Waals surface area contributed by atoms with Crippen molar-refractivity contribution in [3.63, 3.8) is 0 Å². The van der Waals surface area contributed by atoms with Gasteiger partial charge in [-0.05, 0) is 6.07 Å². The molecule has 0 amide bonds. The number of aromatic nitrogens is 3. The lowest BCUT2D eigenvalue weighted by atomic mass is 9.91. The summed E-state index contributed by atoms with van der Waals surface area (Å²) in [4.78, 5) is 11.7. The number of fused-ring (bicyclic) bond motifs is 1. The summed E-state index contributed by atoms with van der Waals surface area (Å²) in [7, 11) is 4.57. The molecule has 0 N–H and O–H groups in total. The summed E-state index contributed by atoms with van der Waals surface area (Å²) in [5, 5.41) is 8.36. The Morgan fingerprint density at radius 3 is 2.81 bits per heavy atom. The minimum Gasteiger partial charge on any atom is -0.493 e. The van der Waals surface area contributed by atoms with Crippen molar-refractivity contribution in [2.75, 3.05) is 27.9 Å². The number of hydrogen-bond donors (Lipinski definition) is 0. The number of nitrogens with zero attached hydrogens (tertiary/aromatic N) is 3. The van der Waals surface area contributed by atoms with E-state index in [1.807, 2.05) is 25.1 Å². The summed E-state index contributed by atoms with van der Waals surface area (Å²) in [5.41, 5.74) is 2.38. The van der Waals surface area contributed by atoms with Gasteiger partial charge in [0.05, 0.1) is 58.4 Å². The molecule has 2 heterocycles. The molecule has 26 heavy (non-hydrogen) atoms. The van der Waals surface area contributed by atoms with E-state index < -0.39 is 0 Å². The molecule has 0 radical (unpaired) electrons. The quantitative estimate of drug-likeness (QED) is 0.752. The normalized spacial score (nSPS) is 19.4. The standard InChI is InChI=1S/C18H23N3O5/c1-11-16-13(10-15(22)24-3)19-20-21(16)8-9-26-17(11)12-6-5-7-14(23-2)18(12)25-4/h5-7,11,17H,8-10H2,1-4H3/t11-,17+/m0/s1. The zero-order valence-electron chi connectivity index (χ0n) is 15.4. The zero-order valence-corrected chi connectivity index (χ0v) is 15.4. The van der Waals surface area contributed by atoms with Crippen LogP contribution in [0.4, 0.5) is 0 Å². The van der Waals surface area contributed by atoms with Crippen molar-refractivity contribution in [1.82, 2.24) is 15.0 Å².